The summed E-state index contributed by atoms with van der Waals surface area (Å²) in [5, 5.41) is 0. The summed E-state index contributed by atoms with van der Waals surface area (Å²) < 4.78 is 41.8. The van der Waals surface area contributed by atoms with Crippen LogP contribution in [0.4, 0.5) is 13.2 Å². The molecule has 180 valence electrons. The summed E-state index contributed by atoms with van der Waals surface area (Å²) in [7, 11) is 0. The third-order valence-electron chi connectivity index (χ3n) is 5.50. The summed E-state index contributed by atoms with van der Waals surface area (Å²) in [6.07, 6.45) is -2.38. The molecule has 0 saturated carbocycles. The van der Waals surface area contributed by atoms with E-state index in [9.17, 15) is 18.0 Å². The lowest BCUT2D eigenvalue weighted by Crippen LogP contribution is -2.26. The van der Waals surface area contributed by atoms with Gasteiger partial charge < -0.3 is 9.64 Å². The zero-order chi connectivity index (χ0) is 25.0. The summed E-state index contributed by atoms with van der Waals surface area (Å²) in [4.78, 5) is 23.5. The predicted molar refractivity (Wildman–Crippen MR) is 125 cm³/mol. The van der Waals surface area contributed by atoms with Crippen molar-refractivity contribution < 1.29 is 22.7 Å². The number of halogens is 3. The highest BCUT2D eigenvalue weighted by atomic mass is 19.4. The number of hydrogen-bond acceptors (Lipinski definition) is 4. The molecule has 34 heavy (non-hydrogen) atoms. The monoisotopic (exact) mass is 471 g/mol. The Kier molecular flexibility index (Phi) is 7.59. The quantitative estimate of drug-likeness (QED) is 0.335. The second-order valence-corrected chi connectivity index (χ2v) is 8.48. The lowest BCUT2D eigenvalue weighted by atomic mass is 9.95. The number of ether oxygens (including phenoxy) is 1. The summed E-state index contributed by atoms with van der Waals surface area (Å²) in [5.74, 6) is 0.0212. The average Bonchev–Trinajstić information content (AvgIpc) is 3.06. The summed E-state index contributed by atoms with van der Waals surface area (Å²) in [5.41, 5.74) is 5.26. The zero-order valence-corrected chi connectivity index (χ0v) is 19.5. The molecule has 0 radical (unpaired) electrons. The van der Waals surface area contributed by atoms with Crippen LogP contribution < -0.4 is 4.74 Å². The van der Waals surface area contributed by atoms with E-state index in [0.29, 0.717) is 48.5 Å². The fourth-order valence-corrected chi connectivity index (χ4v) is 3.72. The van der Waals surface area contributed by atoms with Crippen molar-refractivity contribution in [3.05, 3.63) is 77.8 Å². The molecule has 0 unspecified atom stereocenters. The first-order chi connectivity index (χ1) is 16.0. The first kappa shape index (κ1) is 25.2. The predicted octanol–water partition coefficient (Wildman–Crippen LogP) is 5.96. The minimum Gasteiger partial charge on any atom is -0.406 e. The second kappa shape index (κ2) is 10.2. The highest BCUT2D eigenvalue weighted by Gasteiger charge is 2.31. The molecule has 8 heteroatoms. The van der Waals surface area contributed by atoms with E-state index in [-0.39, 0.29) is 18.2 Å². The third kappa shape index (κ3) is 6.34. The molecule has 0 bridgehead atoms. The molecule has 1 saturated heterocycles. The molecule has 1 aliphatic rings. The SMILES string of the molecule is C=C(C)Cc1nc(CN2CCC(=C)C2=O)nc(-c2ccc(OC(F)(F)F)cc2)c1CC(=C)CC. The van der Waals surface area contributed by atoms with Gasteiger partial charge in [-0.1, -0.05) is 37.8 Å². The Hall–Kier alpha value is -3.42. The van der Waals surface area contributed by atoms with Crippen LogP contribution in [0.3, 0.4) is 0 Å². The Bertz CT molecular complexity index is 1120. The lowest BCUT2D eigenvalue weighted by Gasteiger charge is -2.20. The largest absolute Gasteiger partial charge is 0.573 e. The molecule has 0 N–H and O–H groups in total. The van der Waals surface area contributed by atoms with E-state index in [4.69, 9.17) is 9.97 Å². The molecule has 2 heterocycles. The molecule has 1 aliphatic heterocycles. The van der Waals surface area contributed by atoms with Crippen molar-refractivity contribution in [1.82, 2.24) is 14.9 Å². The van der Waals surface area contributed by atoms with Crippen LogP contribution in [0.5, 0.6) is 5.75 Å². The van der Waals surface area contributed by atoms with Crippen LogP contribution >= 0.6 is 0 Å². The second-order valence-electron chi connectivity index (χ2n) is 8.48. The molecule has 1 aromatic heterocycles. The van der Waals surface area contributed by atoms with Crippen LogP contribution in [0, 0.1) is 0 Å². The fourth-order valence-electron chi connectivity index (χ4n) is 3.72. The maximum Gasteiger partial charge on any atom is 0.573 e. The van der Waals surface area contributed by atoms with Crippen molar-refractivity contribution in [2.45, 2.75) is 52.4 Å². The average molecular weight is 472 g/mol. The molecule has 0 atom stereocenters. The van der Waals surface area contributed by atoms with Crippen molar-refractivity contribution in [2.75, 3.05) is 6.54 Å². The van der Waals surface area contributed by atoms with Crippen molar-refractivity contribution in [3.8, 4) is 17.0 Å². The number of carbonyl (C=O) groups is 1. The number of aromatic nitrogens is 2. The maximum atomic E-state index is 12.6. The van der Waals surface area contributed by atoms with Gasteiger partial charge in [0, 0.05) is 29.7 Å². The van der Waals surface area contributed by atoms with Gasteiger partial charge in [-0.2, -0.15) is 0 Å². The van der Waals surface area contributed by atoms with Crippen molar-refractivity contribution >= 4 is 5.91 Å². The molecule has 0 spiro atoms. The Balaban J connectivity index is 2.09. The molecule has 1 amide bonds. The number of likely N-dealkylation sites (tertiary alicyclic amines) is 1. The number of amides is 1. The van der Waals surface area contributed by atoms with Gasteiger partial charge in [0.2, 0.25) is 5.91 Å². The Morgan fingerprint density at radius 3 is 2.35 bits per heavy atom. The van der Waals surface area contributed by atoms with E-state index < -0.39 is 6.36 Å². The van der Waals surface area contributed by atoms with E-state index in [1.165, 1.54) is 12.1 Å². The van der Waals surface area contributed by atoms with Crippen LogP contribution in [0.1, 0.15) is 43.8 Å². The first-order valence-corrected chi connectivity index (χ1v) is 11.0. The highest BCUT2D eigenvalue weighted by molar-refractivity contribution is 5.94. The molecule has 3 rings (SSSR count). The normalized spacial score (nSPS) is 14.0. The van der Waals surface area contributed by atoms with Gasteiger partial charge in [0.25, 0.3) is 0 Å². The topological polar surface area (TPSA) is 55.3 Å². The third-order valence-corrected chi connectivity index (χ3v) is 5.50. The summed E-state index contributed by atoms with van der Waals surface area (Å²) in [6.45, 7) is 16.6. The number of rotatable bonds is 9. The standard InChI is InChI=1S/C26H28F3N3O2/c1-6-17(4)14-21-22(13-16(2)3)30-23(15-32-12-11-18(5)25(32)33)31-24(21)19-7-9-20(10-8-19)34-26(27,28)29/h7-10H,2,4-6,11-15H2,1,3H3. The molecular formula is C26H28F3N3O2. The van der Waals surface area contributed by atoms with Gasteiger partial charge >= 0.3 is 6.36 Å². The van der Waals surface area contributed by atoms with Gasteiger partial charge in [-0.05, 0) is 50.5 Å². The first-order valence-electron chi connectivity index (χ1n) is 11.0. The highest BCUT2D eigenvalue weighted by Crippen LogP contribution is 2.31. The van der Waals surface area contributed by atoms with Crippen molar-refractivity contribution in [3.63, 3.8) is 0 Å². The van der Waals surface area contributed by atoms with E-state index >= 15 is 0 Å². The number of nitrogens with zero attached hydrogens (tertiary/aromatic N) is 3. The van der Waals surface area contributed by atoms with Gasteiger partial charge in [0.05, 0.1) is 17.9 Å². The Morgan fingerprint density at radius 1 is 1.15 bits per heavy atom. The van der Waals surface area contributed by atoms with Gasteiger partial charge in [-0.3, -0.25) is 4.79 Å². The number of alkyl halides is 3. The van der Waals surface area contributed by atoms with Gasteiger partial charge in [-0.15, -0.1) is 13.2 Å². The van der Waals surface area contributed by atoms with Gasteiger partial charge in [0.1, 0.15) is 11.6 Å². The summed E-state index contributed by atoms with van der Waals surface area (Å²) in [6, 6.07) is 5.60. The number of benzene rings is 1. The lowest BCUT2D eigenvalue weighted by molar-refractivity contribution is -0.274. The number of allylic oxidation sites excluding steroid dienone is 2. The van der Waals surface area contributed by atoms with E-state index in [1.807, 2.05) is 13.8 Å². The van der Waals surface area contributed by atoms with Gasteiger partial charge in [0.15, 0.2) is 0 Å². The van der Waals surface area contributed by atoms with Crippen LogP contribution in [-0.4, -0.2) is 33.7 Å². The van der Waals surface area contributed by atoms with E-state index in [1.54, 1.807) is 17.0 Å². The molecular weight excluding hydrogens is 443 g/mol. The van der Waals surface area contributed by atoms with Crippen LogP contribution in [0.2, 0.25) is 0 Å². The minimum absolute atomic E-state index is 0.122. The minimum atomic E-state index is -4.77. The maximum absolute atomic E-state index is 12.6. The fraction of sp³-hybridized carbons (Fsp3) is 0.346. The Morgan fingerprint density at radius 2 is 1.82 bits per heavy atom. The van der Waals surface area contributed by atoms with Crippen LogP contribution in [0.25, 0.3) is 11.3 Å². The van der Waals surface area contributed by atoms with Crippen LogP contribution in [0.15, 0.2) is 60.7 Å². The molecule has 5 nitrogen and oxygen atoms in total. The zero-order valence-electron chi connectivity index (χ0n) is 19.5. The van der Waals surface area contributed by atoms with E-state index in [0.717, 1.165) is 28.8 Å². The van der Waals surface area contributed by atoms with Crippen molar-refractivity contribution in [1.29, 1.82) is 0 Å². The van der Waals surface area contributed by atoms with Crippen molar-refractivity contribution in [2.24, 2.45) is 0 Å². The molecule has 0 aliphatic carbocycles. The van der Waals surface area contributed by atoms with E-state index in [2.05, 4.69) is 24.5 Å². The van der Waals surface area contributed by atoms with Crippen LogP contribution in [-0.2, 0) is 24.2 Å². The smallest absolute Gasteiger partial charge is 0.406 e. The van der Waals surface area contributed by atoms with Gasteiger partial charge in [-0.25, -0.2) is 9.97 Å². The molecule has 1 aromatic carbocycles. The molecule has 2 aromatic rings. The number of hydrogen-bond donors (Lipinski definition) is 0. The Labute approximate surface area is 197 Å². The summed E-state index contributed by atoms with van der Waals surface area (Å²) >= 11 is 0. The molecule has 1 fully saturated rings. The number of carbonyl (C=O) groups excluding carboxylic acids is 1.